The maximum Gasteiger partial charge on any atom is 0.137 e. The molecule has 0 spiro atoms. The van der Waals surface area contributed by atoms with Gasteiger partial charge < -0.3 is 15.4 Å². The van der Waals surface area contributed by atoms with E-state index in [-0.39, 0.29) is 6.04 Å². The van der Waals surface area contributed by atoms with Crippen molar-refractivity contribution in [1.29, 1.82) is 0 Å². The minimum absolute atomic E-state index is 0.00227. The first kappa shape index (κ1) is 13.7. The smallest absolute Gasteiger partial charge is 0.137 e. The Morgan fingerprint density at radius 3 is 2.78 bits per heavy atom. The maximum absolute atomic E-state index is 6.17. The second-order valence-corrected chi connectivity index (χ2v) is 5.45. The molecule has 1 aromatic carbocycles. The van der Waals surface area contributed by atoms with E-state index in [1.165, 1.54) is 12.8 Å². The molecule has 0 heterocycles. The number of ether oxygens (including phenoxy) is 1. The first-order chi connectivity index (χ1) is 8.58. The van der Waals surface area contributed by atoms with Crippen LogP contribution in [0.25, 0.3) is 0 Å². The van der Waals surface area contributed by atoms with E-state index in [0.29, 0.717) is 11.6 Å². The van der Waals surface area contributed by atoms with E-state index in [1.54, 1.807) is 0 Å². The fourth-order valence-corrected chi connectivity index (χ4v) is 2.16. The number of benzene rings is 1. The Hall–Kier alpha value is -0.770. The summed E-state index contributed by atoms with van der Waals surface area (Å²) in [6.45, 7) is 3.55. The number of nitrogens with two attached hydrogens (primary N) is 1. The summed E-state index contributed by atoms with van der Waals surface area (Å²) < 4.78 is 5.71. The number of likely N-dealkylation sites (N-methyl/N-ethyl adjacent to an activating group) is 1. The molecule has 0 aromatic heterocycles. The van der Waals surface area contributed by atoms with Crippen LogP contribution < -0.4 is 10.5 Å². The van der Waals surface area contributed by atoms with E-state index < -0.39 is 0 Å². The molecule has 0 amide bonds. The molecule has 0 saturated heterocycles. The van der Waals surface area contributed by atoms with Crippen molar-refractivity contribution in [1.82, 2.24) is 4.90 Å². The number of nitrogens with zero attached hydrogens (tertiary/aromatic N) is 1. The highest BCUT2D eigenvalue weighted by atomic mass is 35.5. The molecule has 1 aliphatic carbocycles. The van der Waals surface area contributed by atoms with E-state index in [9.17, 15) is 0 Å². The van der Waals surface area contributed by atoms with Gasteiger partial charge in [0.15, 0.2) is 0 Å². The molecule has 2 N–H and O–H groups in total. The highest BCUT2D eigenvalue weighted by Crippen LogP contribution is 2.28. The zero-order chi connectivity index (χ0) is 13.1. The third-order valence-electron chi connectivity index (χ3n) is 3.35. The first-order valence-electron chi connectivity index (χ1n) is 6.46. The summed E-state index contributed by atoms with van der Waals surface area (Å²) in [7, 11) is 2.14. The zero-order valence-electron chi connectivity index (χ0n) is 11.0. The third-order valence-corrected chi connectivity index (χ3v) is 3.65. The fourth-order valence-electron chi connectivity index (χ4n) is 1.91. The van der Waals surface area contributed by atoms with Crippen molar-refractivity contribution < 1.29 is 4.74 Å². The Morgan fingerprint density at radius 2 is 2.22 bits per heavy atom. The molecule has 18 heavy (non-hydrogen) atoms. The molecule has 0 radical (unpaired) electrons. The van der Waals surface area contributed by atoms with Gasteiger partial charge in [-0.05, 0) is 44.5 Å². The lowest BCUT2D eigenvalue weighted by Gasteiger charge is -2.16. The molecule has 3 nitrogen and oxygen atoms in total. The topological polar surface area (TPSA) is 38.5 Å². The van der Waals surface area contributed by atoms with Gasteiger partial charge in [-0.3, -0.25) is 0 Å². The highest BCUT2D eigenvalue weighted by molar-refractivity contribution is 6.32. The molecule has 1 fully saturated rings. The predicted molar refractivity (Wildman–Crippen MR) is 75.2 cm³/mol. The Kier molecular flexibility index (Phi) is 4.49. The van der Waals surface area contributed by atoms with Gasteiger partial charge in [-0.25, -0.2) is 0 Å². The van der Waals surface area contributed by atoms with Crippen LogP contribution in [0, 0.1) is 0 Å². The number of rotatable bonds is 6. The van der Waals surface area contributed by atoms with Crippen LogP contribution in [0.2, 0.25) is 5.02 Å². The average Bonchev–Trinajstić information content (AvgIpc) is 3.14. The second kappa shape index (κ2) is 5.91. The summed E-state index contributed by atoms with van der Waals surface area (Å²) in [5.74, 6) is 0.741. The number of hydrogen-bond donors (Lipinski definition) is 1. The van der Waals surface area contributed by atoms with Crippen LogP contribution in [-0.2, 0) is 0 Å². The van der Waals surface area contributed by atoms with Gasteiger partial charge >= 0.3 is 0 Å². The molecule has 1 atom stereocenters. The Morgan fingerprint density at radius 1 is 1.50 bits per heavy atom. The molecule has 4 heteroatoms. The summed E-state index contributed by atoms with van der Waals surface area (Å²) in [5, 5.41) is 0.638. The van der Waals surface area contributed by atoms with Crippen molar-refractivity contribution in [2.75, 3.05) is 20.2 Å². The van der Waals surface area contributed by atoms with Gasteiger partial charge in [0.2, 0.25) is 0 Å². The van der Waals surface area contributed by atoms with E-state index in [4.69, 9.17) is 22.1 Å². The van der Waals surface area contributed by atoms with Crippen LogP contribution in [0.1, 0.15) is 31.4 Å². The van der Waals surface area contributed by atoms with Crippen molar-refractivity contribution in [2.24, 2.45) is 5.73 Å². The Bertz CT molecular complexity index is 405. The van der Waals surface area contributed by atoms with Gasteiger partial charge in [0.25, 0.3) is 0 Å². The summed E-state index contributed by atoms with van der Waals surface area (Å²) in [5.41, 5.74) is 6.84. The van der Waals surface area contributed by atoms with Crippen LogP contribution in [0.3, 0.4) is 0 Å². The predicted octanol–water partition coefficient (Wildman–Crippen LogP) is 2.83. The second-order valence-electron chi connectivity index (χ2n) is 5.04. The molecule has 100 valence electrons. The van der Waals surface area contributed by atoms with Crippen LogP contribution >= 0.6 is 11.6 Å². The summed E-state index contributed by atoms with van der Waals surface area (Å²) >= 11 is 6.17. The lowest BCUT2D eigenvalue weighted by atomic mass is 10.1. The maximum atomic E-state index is 6.17. The van der Waals surface area contributed by atoms with E-state index in [1.807, 2.05) is 25.1 Å². The molecule has 0 unspecified atom stereocenters. The van der Waals surface area contributed by atoms with Gasteiger partial charge in [-0.15, -0.1) is 0 Å². The Balaban J connectivity index is 1.85. The quantitative estimate of drug-likeness (QED) is 0.862. The van der Waals surface area contributed by atoms with Gasteiger partial charge in [0, 0.05) is 18.6 Å². The molecule has 2 rings (SSSR count). The SMILES string of the molecule is C[C@H](N)c1ccc(OCCN(C)C2CC2)c(Cl)c1. The van der Waals surface area contributed by atoms with Crippen molar-refractivity contribution in [3.63, 3.8) is 0 Å². The van der Waals surface area contributed by atoms with E-state index in [0.717, 1.165) is 23.9 Å². The van der Waals surface area contributed by atoms with Crippen LogP contribution in [0.15, 0.2) is 18.2 Å². The normalized spacial score (nSPS) is 16.9. The molecule has 0 aliphatic heterocycles. The van der Waals surface area contributed by atoms with Gasteiger partial charge in [-0.1, -0.05) is 17.7 Å². The molecule has 0 bridgehead atoms. The zero-order valence-corrected chi connectivity index (χ0v) is 11.8. The standard InChI is InChI=1S/C14H21ClN2O/c1-10(16)11-3-6-14(13(15)9-11)18-8-7-17(2)12-4-5-12/h3,6,9-10,12H,4-5,7-8,16H2,1-2H3/t10-/m0/s1. The van der Waals surface area contributed by atoms with Crippen LogP contribution in [-0.4, -0.2) is 31.1 Å². The summed E-state index contributed by atoms with van der Waals surface area (Å²) in [6.07, 6.45) is 2.64. The molecular weight excluding hydrogens is 248 g/mol. The van der Waals surface area contributed by atoms with Crippen LogP contribution in [0.4, 0.5) is 0 Å². The third kappa shape index (κ3) is 3.61. The van der Waals surface area contributed by atoms with E-state index in [2.05, 4.69) is 11.9 Å². The van der Waals surface area contributed by atoms with E-state index >= 15 is 0 Å². The van der Waals surface area contributed by atoms with Crippen LogP contribution in [0.5, 0.6) is 5.75 Å². The molecule has 1 aliphatic rings. The molecule has 1 aromatic rings. The molecular formula is C14H21ClN2O. The fraction of sp³-hybridized carbons (Fsp3) is 0.571. The summed E-state index contributed by atoms with van der Waals surface area (Å²) in [6, 6.07) is 6.52. The minimum atomic E-state index is -0.00227. The Labute approximate surface area is 114 Å². The van der Waals surface area contributed by atoms with Crippen molar-refractivity contribution in [2.45, 2.75) is 31.8 Å². The van der Waals surface area contributed by atoms with Gasteiger partial charge in [0.05, 0.1) is 5.02 Å². The first-order valence-corrected chi connectivity index (χ1v) is 6.84. The lowest BCUT2D eigenvalue weighted by molar-refractivity contribution is 0.232. The minimum Gasteiger partial charge on any atom is -0.491 e. The lowest BCUT2D eigenvalue weighted by Crippen LogP contribution is -2.26. The molecule has 1 saturated carbocycles. The van der Waals surface area contributed by atoms with Crippen molar-refractivity contribution in [3.8, 4) is 5.75 Å². The largest absolute Gasteiger partial charge is 0.491 e. The summed E-state index contributed by atoms with van der Waals surface area (Å²) in [4.78, 5) is 2.34. The van der Waals surface area contributed by atoms with Crippen molar-refractivity contribution in [3.05, 3.63) is 28.8 Å². The average molecular weight is 269 g/mol. The number of halogens is 1. The number of hydrogen-bond acceptors (Lipinski definition) is 3. The van der Waals surface area contributed by atoms with Crippen molar-refractivity contribution >= 4 is 11.6 Å². The van der Waals surface area contributed by atoms with Gasteiger partial charge in [-0.2, -0.15) is 0 Å². The monoisotopic (exact) mass is 268 g/mol. The highest BCUT2D eigenvalue weighted by Gasteiger charge is 2.25. The van der Waals surface area contributed by atoms with Gasteiger partial charge in [0.1, 0.15) is 12.4 Å².